The Morgan fingerprint density at radius 2 is 1.86 bits per heavy atom. The number of hydrazone groups is 1. The van der Waals surface area contributed by atoms with Gasteiger partial charge in [-0.05, 0) is 41.3 Å². The first-order valence-electron chi connectivity index (χ1n) is 12.3. The summed E-state index contributed by atoms with van der Waals surface area (Å²) in [7, 11) is 1.40. The van der Waals surface area contributed by atoms with Crippen molar-refractivity contribution < 1.29 is 14.3 Å². The molecule has 8 heteroatoms. The number of aryl methyl sites for hydroxylation is 1. The zero-order valence-electron chi connectivity index (χ0n) is 20.9. The molecule has 0 fully saturated rings. The van der Waals surface area contributed by atoms with E-state index in [4.69, 9.17) is 9.72 Å². The van der Waals surface area contributed by atoms with Crippen molar-refractivity contribution >= 4 is 39.7 Å². The highest BCUT2D eigenvalue weighted by atomic mass is 32.2. The molecule has 3 aromatic carbocycles. The summed E-state index contributed by atoms with van der Waals surface area (Å²) in [6, 6.07) is 21.8. The van der Waals surface area contributed by atoms with Crippen molar-refractivity contribution in [3.05, 3.63) is 89.2 Å². The number of rotatable bonds is 8. The summed E-state index contributed by atoms with van der Waals surface area (Å²) in [5.41, 5.74) is 9.75. The number of benzene rings is 3. The number of fused-ring (bicyclic) bond motifs is 1. The minimum atomic E-state index is -0.357. The van der Waals surface area contributed by atoms with E-state index in [2.05, 4.69) is 34.2 Å². The molecule has 1 aromatic heterocycles. The molecule has 188 valence electrons. The first kappa shape index (κ1) is 24.8. The molecule has 0 saturated carbocycles. The molecule has 1 N–H and O–H groups in total. The fourth-order valence-corrected chi connectivity index (χ4v) is 5.22. The van der Waals surface area contributed by atoms with E-state index in [1.807, 2.05) is 48.5 Å². The van der Waals surface area contributed by atoms with Gasteiger partial charge in [0.1, 0.15) is 5.82 Å². The number of esters is 1. The molecular weight excluding hydrogens is 484 g/mol. The van der Waals surface area contributed by atoms with Gasteiger partial charge in [-0.2, -0.15) is 5.10 Å². The van der Waals surface area contributed by atoms with Crippen LogP contribution in [0.5, 0.6) is 0 Å². The van der Waals surface area contributed by atoms with Crippen LogP contribution in [0.4, 0.5) is 4.79 Å². The molecule has 5 rings (SSSR count). The average molecular weight is 513 g/mol. The van der Waals surface area contributed by atoms with Gasteiger partial charge in [0.05, 0.1) is 29.4 Å². The van der Waals surface area contributed by atoms with Crippen LogP contribution in [-0.2, 0) is 17.7 Å². The van der Waals surface area contributed by atoms with Crippen LogP contribution in [0.15, 0.2) is 71.8 Å². The molecule has 0 saturated heterocycles. The monoisotopic (exact) mass is 512 g/mol. The Morgan fingerprint density at radius 1 is 1.08 bits per heavy atom. The van der Waals surface area contributed by atoms with Crippen LogP contribution in [0, 0.1) is 0 Å². The van der Waals surface area contributed by atoms with E-state index in [-0.39, 0.29) is 11.2 Å². The van der Waals surface area contributed by atoms with Gasteiger partial charge in [-0.3, -0.25) is 4.79 Å². The van der Waals surface area contributed by atoms with Gasteiger partial charge in [0, 0.05) is 24.3 Å². The third kappa shape index (κ3) is 5.15. The number of thioether (sulfide) groups is 1. The normalized spacial score (nSPS) is 13.4. The number of aromatic nitrogens is 2. The predicted octanol–water partition coefficient (Wildman–Crippen LogP) is 6.04. The Bertz CT molecular complexity index is 1510. The Labute approximate surface area is 219 Å². The van der Waals surface area contributed by atoms with E-state index in [1.165, 1.54) is 18.9 Å². The highest BCUT2D eigenvalue weighted by Crippen LogP contribution is 2.30. The van der Waals surface area contributed by atoms with Crippen molar-refractivity contribution in [3.63, 3.8) is 0 Å². The molecule has 1 aliphatic heterocycles. The molecule has 0 spiro atoms. The van der Waals surface area contributed by atoms with Crippen molar-refractivity contribution in [2.45, 2.75) is 32.7 Å². The van der Waals surface area contributed by atoms with Crippen molar-refractivity contribution in [3.8, 4) is 11.1 Å². The number of unbranched alkanes of at least 4 members (excludes halogenated alkanes) is 1. The van der Waals surface area contributed by atoms with Crippen LogP contribution >= 0.6 is 11.8 Å². The Morgan fingerprint density at radius 3 is 2.62 bits per heavy atom. The van der Waals surface area contributed by atoms with E-state index in [9.17, 15) is 9.59 Å². The Balaban J connectivity index is 1.61. The number of nitrogens with zero attached hydrogens (tertiary/aromatic N) is 3. The molecule has 1 amide bonds. The van der Waals surface area contributed by atoms with Gasteiger partial charge < -0.3 is 9.30 Å². The predicted molar refractivity (Wildman–Crippen MR) is 148 cm³/mol. The summed E-state index contributed by atoms with van der Waals surface area (Å²) in [5.74, 6) is 1.20. The lowest BCUT2D eigenvalue weighted by Gasteiger charge is -2.16. The maximum absolute atomic E-state index is 12.5. The van der Waals surface area contributed by atoms with Gasteiger partial charge in [0.15, 0.2) is 0 Å². The third-order valence-electron chi connectivity index (χ3n) is 6.50. The zero-order chi connectivity index (χ0) is 25.8. The van der Waals surface area contributed by atoms with Gasteiger partial charge in [-0.1, -0.05) is 73.6 Å². The first-order chi connectivity index (χ1) is 18.1. The molecule has 0 atom stereocenters. The zero-order valence-corrected chi connectivity index (χ0v) is 21.7. The quantitative estimate of drug-likeness (QED) is 0.291. The van der Waals surface area contributed by atoms with Gasteiger partial charge in [0.2, 0.25) is 0 Å². The van der Waals surface area contributed by atoms with E-state index >= 15 is 0 Å². The van der Waals surface area contributed by atoms with Crippen LogP contribution < -0.4 is 5.43 Å². The van der Waals surface area contributed by atoms with Crippen LogP contribution in [0.25, 0.3) is 22.2 Å². The molecule has 7 nitrogen and oxygen atoms in total. The third-order valence-corrected chi connectivity index (χ3v) is 7.28. The van der Waals surface area contributed by atoms with Gasteiger partial charge >= 0.3 is 5.97 Å². The van der Waals surface area contributed by atoms with Crippen LogP contribution in [0.3, 0.4) is 0 Å². The number of hydrogen-bond donors (Lipinski definition) is 1. The molecule has 0 bridgehead atoms. The molecular formula is C29H28N4O3S. The van der Waals surface area contributed by atoms with Crippen LogP contribution in [0.2, 0.25) is 0 Å². The van der Waals surface area contributed by atoms with Crippen LogP contribution in [-0.4, -0.2) is 39.3 Å². The maximum Gasteiger partial charge on any atom is 0.338 e. The average Bonchev–Trinajstić information content (AvgIpc) is 3.28. The second-order valence-corrected chi connectivity index (χ2v) is 9.81. The molecule has 4 aromatic rings. The number of nitrogens with one attached hydrogen (secondary N) is 1. The van der Waals surface area contributed by atoms with E-state index in [1.54, 1.807) is 6.07 Å². The summed E-state index contributed by atoms with van der Waals surface area (Å²) in [5, 5.41) is 4.13. The number of amides is 1. The lowest BCUT2D eigenvalue weighted by molar-refractivity contribution is 0.0601. The topological polar surface area (TPSA) is 85.6 Å². The summed E-state index contributed by atoms with van der Waals surface area (Å²) in [6.45, 7) is 2.78. The minimum absolute atomic E-state index is 0.138. The second kappa shape index (κ2) is 11.0. The molecule has 37 heavy (non-hydrogen) atoms. The Kier molecular flexibility index (Phi) is 7.37. The number of hydrogen-bond acceptors (Lipinski definition) is 6. The standard InChI is InChI=1S/C29H28N4O3S/c1-3-4-13-27-30-24-15-14-19(25-18-37-29(35)32-31-25)16-26(24)33(27)17-20-9-5-6-10-21(20)22-11-7-8-12-23(22)28(34)36-2/h5-12,14-16H,3-4,13,17-18H2,1-2H3,(H,32,35). The summed E-state index contributed by atoms with van der Waals surface area (Å²) >= 11 is 1.21. The lowest BCUT2D eigenvalue weighted by atomic mass is 9.95. The molecule has 0 aliphatic carbocycles. The first-order valence-corrected chi connectivity index (χ1v) is 13.3. The molecule has 2 heterocycles. The van der Waals surface area contributed by atoms with E-state index in [0.29, 0.717) is 17.9 Å². The fraction of sp³-hybridized carbons (Fsp3) is 0.241. The van der Waals surface area contributed by atoms with E-state index < -0.39 is 0 Å². The van der Waals surface area contributed by atoms with Crippen molar-refractivity contribution in [2.75, 3.05) is 12.9 Å². The van der Waals surface area contributed by atoms with Gasteiger partial charge in [-0.25, -0.2) is 15.2 Å². The van der Waals surface area contributed by atoms with E-state index in [0.717, 1.165) is 64.1 Å². The number of methoxy groups -OCH3 is 1. The highest BCUT2D eigenvalue weighted by Gasteiger charge is 2.19. The van der Waals surface area contributed by atoms with Gasteiger partial charge in [0.25, 0.3) is 5.24 Å². The SMILES string of the molecule is CCCCc1nc2ccc(C3=NNC(=O)SC3)cc2n1Cc1ccccc1-c1ccccc1C(=O)OC. The van der Waals surface area contributed by atoms with Crippen LogP contribution in [0.1, 0.15) is 47.1 Å². The number of carbonyl (C=O) groups excluding carboxylic acids is 2. The lowest BCUT2D eigenvalue weighted by Crippen LogP contribution is -2.23. The summed E-state index contributed by atoms with van der Waals surface area (Å²) < 4.78 is 7.32. The summed E-state index contributed by atoms with van der Waals surface area (Å²) in [4.78, 5) is 29.0. The second-order valence-electron chi connectivity index (χ2n) is 8.86. The van der Waals surface area contributed by atoms with Crippen molar-refractivity contribution in [1.29, 1.82) is 0 Å². The molecule has 0 radical (unpaired) electrons. The van der Waals surface area contributed by atoms with Crippen molar-refractivity contribution in [2.24, 2.45) is 5.10 Å². The maximum atomic E-state index is 12.5. The smallest absolute Gasteiger partial charge is 0.338 e. The van der Waals surface area contributed by atoms with Crippen molar-refractivity contribution in [1.82, 2.24) is 15.0 Å². The van der Waals surface area contributed by atoms with Gasteiger partial charge in [-0.15, -0.1) is 0 Å². The largest absolute Gasteiger partial charge is 0.465 e. The number of carbonyl (C=O) groups is 2. The Hall–Kier alpha value is -3.91. The molecule has 0 unspecified atom stereocenters. The molecule has 1 aliphatic rings. The number of ether oxygens (including phenoxy) is 1. The number of imidazole rings is 1. The minimum Gasteiger partial charge on any atom is -0.465 e. The highest BCUT2D eigenvalue weighted by molar-refractivity contribution is 8.14. The fourth-order valence-electron chi connectivity index (χ4n) is 4.61. The summed E-state index contributed by atoms with van der Waals surface area (Å²) in [6.07, 6.45) is 2.98.